The molecule has 1 aliphatic heterocycles. The lowest BCUT2D eigenvalue weighted by atomic mass is 10.2. The molecule has 1 heterocycles. The smallest absolute Gasteiger partial charge is 0.335 e. The van der Waals surface area contributed by atoms with Crippen LogP contribution in [0.5, 0.6) is 0 Å². The normalized spacial score (nSPS) is 20.6. The lowest BCUT2D eigenvalue weighted by Crippen LogP contribution is -2.54. The van der Waals surface area contributed by atoms with Crippen LogP contribution in [0.1, 0.15) is 17.3 Å². The quantitative estimate of drug-likeness (QED) is 0.791. The Morgan fingerprint density at radius 3 is 2.61 bits per heavy atom. The molecule has 128 valence electrons. The minimum atomic E-state index is -3.99. The van der Waals surface area contributed by atoms with E-state index in [-0.39, 0.29) is 24.1 Å². The van der Waals surface area contributed by atoms with E-state index >= 15 is 0 Å². The second-order valence-corrected chi connectivity index (χ2v) is 7.36. The average molecular weight is 346 g/mol. The minimum Gasteiger partial charge on any atom is -0.478 e. The zero-order valence-electron chi connectivity index (χ0n) is 12.6. The number of piperazine rings is 1. The number of benzene rings is 1. The highest BCUT2D eigenvalue weighted by Crippen LogP contribution is 2.23. The first kappa shape index (κ1) is 17.8. The number of sulfonamides is 1. The van der Waals surface area contributed by atoms with Crippen molar-refractivity contribution in [3.8, 4) is 0 Å². The summed E-state index contributed by atoms with van der Waals surface area (Å²) in [5, 5.41) is 17.9. The summed E-state index contributed by atoms with van der Waals surface area (Å²) in [6.07, 6.45) is 0. The molecule has 2 N–H and O–H groups in total. The molecular weight excluding hydrogens is 327 g/mol. The molecule has 9 heteroatoms. The Kier molecular flexibility index (Phi) is 5.35. The third kappa shape index (κ3) is 3.86. The highest BCUT2D eigenvalue weighted by atomic mass is 32.2. The van der Waals surface area contributed by atoms with Gasteiger partial charge >= 0.3 is 5.97 Å². The molecule has 1 aromatic carbocycles. The summed E-state index contributed by atoms with van der Waals surface area (Å²) in [5.41, 5.74) is -0.407. The summed E-state index contributed by atoms with van der Waals surface area (Å²) in [4.78, 5) is 12.6. The molecule has 0 aromatic heterocycles. The molecule has 1 unspecified atom stereocenters. The van der Waals surface area contributed by atoms with E-state index in [0.29, 0.717) is 19.6 Å². The SMILES string of the molecule is CC1CN(CCO)CCN1S(=O)(=O)c1cc(F)cc(C(=O)O)c1. The van der Waals surface area contributed by atoms with Gasteiger partial charge in [-0.2, -0.15) is 4.31 Å². The third-order valence-corrected chi connectivity index (χ3v) is 5.78. The van der Waals surface area contributed by atoms with Crippen molar-refractivity contribution in [3.05, 3.63) is 29.6 Å². The van der Waals surface area contributed by atoms with Gasteiger partial charge in [0.1, 0.15) is 5.82 Å². The van der Waals surface area contributed by atoms with Crippen molar-refractivity contribution in [2.75, 3.05) is 32.8 Å². The number of carboxylic acids is 1. The molecule has 0 saturated carbocycles. The molecular formula is C14H19FN2O5S. The molecule has 1 atom stereocenters. The molecule has 1 saturated heterocycles. The number of aliphatic hydroxyl groups is 1. The molecule has 1 aliphatic rings. The van der Waals surface area contributed by atoms with Gasteiger partial charge in [0.05, 0.1) is 17.1 Å². The van der Waals surface area contributed by atoms with Crippen LogP contribution in [-0.2, 0) is 10.0 Å². The average Bonchev–Trinajstić information content (AvgIpc) is 2.46. The number of carbonyl (C=O) groups is 1. The second kappa shape index (κ2) is 6.91. The van der Waals surface area contributed by atoms with E-state index in [0.717, 1.165) is 18.2 Å². The highest BCUT2D eigenvalue weighted by Gasteiger charge is 2.34. The summed E-state index contributed by atoms with van der Waals surface area (Å²) >= 11 is 0. The first-order valence-corrected chi connectivity index (χ1v) is 8.58. The number of hydrogen-bond donors (Lipinski definition) is 2. The van der Waals surface area contributed by atoms with E-state index in [2.05, 4.69) is 0 Å². The van der Waals surface area contributed by atoms with Crippen molar-refractivity contribution >= 4 is 16.0 Å². The van der Waals surface area contributed by atoms with Crippen LogP contribution in [0.25, 0.3) is 0 Å². The molecule has 0 bridgehead atoms. The predicted octanol–water partition coefficient (Wildman–Crippen LogP) is 0.211. The Labute approximate surface area is 134 Å². The number of aliphatic hydroxyl groups excluding tert-OH is 1. The molecule has 0 radical (unpaired) electrons. The van der Waals surface area contributed by atoms with E-state index in [4.69, 9.17) is 10.2 Å². The van der Waals surface area contributed by atoms with E-state index in [1.807, 2.05) is 4.90 Å². The summed E-state index contributed by atoms with van der Waals surface area (Å²) in [6, 6.07) is 2.21. The summed E-state index contributed by atoms with van der Waals surface area (Å²) in [5.74, 6) is -2.29. The van der Waals surface area contributed by atoms with Crippen LogP contribution in [0.15, 0.2) is 23.1 Å². The molecule has 0 spiro atoms. The Morgan fingerprint density at radius 2 is 2.04 bits per heavy atom. The Bertz CT molecular complexity index is 694. The molecule has 0 amide bonds. The summed E-state index contributed by atoms with van der Waals surface area (Å²) in [6.45, 7) is 3.26. The van der Waals surface area contributed by atoms with Gasteiger partial charge in [-0.25, -0.2) is 17.6 Å². The topological polar surface area (TPSA) is 98.2 Å². The lowest BCUT2D eigenvalue weighted by molar-refractivity contribution is 0.0696. The van der Waals surface area contributed by atoms with Crippen LogP contribution in [0.3, 0.4) is 0 Å². The number of rotatable bonds is 5. The Hall–Kier alpha value is -1.55. The van der Waals surface area contributed by atoms with Crippen LogP contribution in [0.2, 0.25) is 0 Å². The van der Waals surface area contributed by atoms with Gasteiger partial charge in [0.2, 0.25) is 10.0 Å². The predicted molar refractivity (Wildman–Crippen MR) is 80.2 cm³/mol. The van der Waals surface area contributed by atoms with Gasteiger partial charge in [-0.05, 0) is 25.1 Å². The Morgan fingerprint density at radius 1 is 1.35 bits per heavy atom. The molecule has 0 aliphatic carbocycles. The standard InChI is InChI=1S/C14H19FN2O5S/c1-10-9-16(4-5-18)2-3-17(10)23(21,22)13-7-11(14(19)20)6-12(15)8-13/h6-8,10,18H,2-5,9H2,1H3,(H,19,20). The zero-order chi connectivity index (χ0) is 17.2. The minimum absolute atomic E-state index is 0.00859. The van der Waals surface area contributed by atoms with Crippen molar-refractivity contribution in [2.24, 2.45) is 0 Å². The molecule has 1 aromatic rings. The number of β-amino-alcohol motifs (C(OH)–C–C–N with tert-alkyl or cyclic N) is 1. The molecule has 2 rings (SSSR count). The number of nitrogens with zero attached hydrogens (tertiary/aromatic N) is 2. The van der Waals surface area contributed by atoms with E-state index in [1.165, 1.54) is 4.31 Å². The highest BCUT2D eigenvalue weighted by molar-refractivity contribution is 7.89. The monoisotopic (exact) mass is 346 g/mol. The van der Waals surface area contributed by atoms with Gasteiger partial charge < -0.3 is 10.2 Å². The van der Waals surface area contributed by atoms with Gasteiger partial charge in [0.25, 0.3) is 0 Å². The van der Waals surface area contributed by atoms with Gasteiger partial charge in [-0.15, -0.1) is 0 Å². The van der Waals surface area contributed by atoms with Gasteiger partial charge in [0.15, 0.2) is 0 Å². The van der Waals surface area contributed by atoms with E-state index in [9.17, 15) is 17.6 Å². The number of aromatic carboxylic acids is 1. The first-order valence-electron chi connectivity index (χ1n) is 7.14. The summed E-state index contributed by atoms with van der Waals surface area (Å²) < 4.78 is 40.2. The van der Waals surface area contributed by atoms with Gasteiger partial charge in [-0.3, -0.25) is 4.90 Å². The van der Waals surface area contributed by atoms with E-state index < -0.39 is 27.4 Å². The largest absolute Gasteiger partial charge is 0.478 e. The van der Waals surface area contributed by atoms with Crippen molar-refractivity contribution < 1.29 is 27.8 Å². The maximum absolute atomic E-state index is 13.6. The van der Waals surface area contributed by atoms with Crippen LogP contribution >= 0.6 is 0 Å². The van der Waals surface area contributed by atoms with E-state index in [1.54, 1.807) is 6.92 Å². The van der Waals surface area contributed by atoms with Crippen LogP contribution in [0, 0.1) is 5.82 Å². The fraction of sp³-hybridized carbons (Fsp3) is 0.500. The van der Waals surface area contributed by atoms with Crippen LogP contribution in [-0.4, -0.2) is 72.6 Å². The third-order valence-electron chi connectivity index (χ3n) is 3.79. The van der Waals surface area contributed by atoms with Gasteiger partial charge in [0, 0.05) is 32.2 Å². The van der Waals surface area contributed by atoms with Crippen LogP contribution < -0.4 is 0 Å². The number of carboxylic acid groups (broad SMARTS) is 1. The summed E-state index contributed by atoms with van der Waals surface area (Å²) in [7, 11) is -3.99. The fourth-order valence-electron chi connectivity index (χ4n) is 2.69. The first-order chi connectivity index (χ1) is 10.8. The molecule has 7 nitrogen and oxygen atoms in total. The second-order valence-electron chi connectivity index (χ2n) is 5.47. The number of halogens is 1. The number of hydrogen-bond acceptors (Lipinski definition) is 5. The zero-order valence-corrected chi connectivity index (χ0v) is 13.5. The molecule has 23 heavy (non-hydrogen) atoms. The lowest BCUT2D eigenvalue weighted by Gasteiger charge is -2.38. The maximum atomic E-state index is 13.6. The molecule has 1 fully saturated rings. The maximum Gasteiger partial charge on any atom is 0.335 e. The van der Waals surface area contributed by atoms with Crippen molar-refractivity contribution in [1.29, 1.82) is 0 Å². The Balaban J connectivity index is 2.30. The van der Waals surface area contributed by atoms with Crippen molar-refractivity contribution in [1.82, 2.24) is 9.21 Å². The fourth-order valence-corrected chi connectivity index (χ4v) is 4.36. The van der Waals surface area contributed by atoms with Crippen LogP contribution in [0.4, 0.5) is 4.39 Å². The van der Waals surface area contributed by atoms with Crippen molar-refractivity contribution in [3.63, 3.8) is 0 Å². The van der Waals surface area contributed by atoms with Gasteiger partial charge in [-0.1, -0.05) is 0 Å². The van der Waals surface area contributed by atoms with Crippen molar-refractivity contribution in [2.45, 2.75) is 17.9 Å².